The zero-order valence-corrected chi connectivity index (χ0v) is 18.6. The Morgan fingerprint density at radius 2 is 1.70 bits per heavy atom. The Morgan fingerprint density at radius 1 is 0.967 bits per heavy atom. The third kappa shape index (κ3) is 3.76. The average molecular weight is 428 g/mol. The van der Waals surface area contributed by atoms with Crippen LogP contribution in [-0.2, 0) is 17.6 Å². The Morgan fingerprint density at radius 3 is 2.50 bits per heavy atom. The minimum atomic E-state index is -0.110. The molecule has 0 spiro atoms. The molecule has 3 aliphatic carbocycles. The number of aldehydes is 1. The summed E-state index contributed by atoms with van der Waals surface area (Å²) in [4.78, 5) is 25.3. The van der Waals surface area contributed by atoms with E-state index in [1.165, 1.54) is 63.5 Å². The van der Waals surface area contributed by atoms with Crippen molar-refractivity contribution in [1.82, 2.24) is 15.1 Å². The molecular weight excluding hydrogens is 394 g/mol. The van der Waals surface area contributed by atoms with E-state index in [2.05, 4.69) is 10.00 Å². The molecule has 4 aliphatic rings. The lowest BCUT2D eigenvalue weighted by Gasteiger charge is -2.25. The Kier molecular flexibility index (Phi) is 6.03. The van der Waals surface area contributed by atoms with Crippen LogP contribution in [0.3, 0.4) is 0 Å². The molecule has 0 bridgehead atoms. The lowest BCUT2D eigenvalue weighted by molar-refractivity contribution is -0.105. The van der Waals surface area contributed by atoms with Crippen molar-refractivity contribution in [3.63, 3.8) is 0 Å². The van der Waals surface area contributed by atoms with E-state index in [4.69, 9.17) is 5.10 Å². The van der Waals surface area contributed by atoms with Crippen LogP contribution in [0.1, 0.15) is 105 Å². The molecule has 2 saturated carbocycles. The quantitative estimate of drug-likeness (QED) is 0.679. The number of hydrogen-bond donors (Lipinski definition) is 1. The third-order valence-corrected chi connectivity index (χ3v) is 9.02. The maximum absolute atomic E-state index is 13.4. The molecule has 162 valence electrons. The summed E-state index contributed by atoms with van der Waals surface area (Å²) in [6.07, 6.45) is 17.3. The van der Waals surface area contributed by atoms with Crippen LogP contribution in [0.2, 0.25) is 0 Å². The molecule has 2 unspecified atom stereocenters. The summed E-state index contributed by atoms with van der Waals surface area (Å²) >= 11 is 1.72. The molecule has 1 amide bonds. The van der Waals surface area contributed by atoms with Crippen LogP contribution in [0.15, 0.2) is 10.6 Å². The van der Waals surface area contributed by atoms with Crippen LogP contribution in [0.5, 0.6) is 0 Å². The van der Waals surface area contributed by atoms with Gasteiger partial charge in [0.2, 0.25) is 0 Å². The standard InChI is InChI=1S/C24H33N3O2S/c28-15-19-17-11-5-2-6-14-21(17)30-24(19)25-23(29)22-18-12-7-8-13-20(18)27(26-22)16-9-3-1-4-10-16/h15-17,21H,1-14H2,(H,25,29). The molecule has 1 aliphatic heterocycles. The van der Waals surface area contributed by atoms with Gasteiger partial charge in [0, 0.05) is 28.0 Å². The van der Waals surface area contributed by atoms with E-state index >= 15 is 0 Å². The monoisotopic (exact) mass is 427 g/mol. The van der Waals surface area contributed by atoms with Crippen LogP contribution in [0.4, 0.5) is 0 Å². The number of carbonyl (C=O) groups excluding carboxylic acids is 2. The molecule has 2 fully saturated rings. The normalized spacial score (nSPS) is 27.3. The Bertz CT molecular complexity index is 853. The maximum atomic E-state index is 13.4. The molecule has 0 saturated heterocycles. The first-order chi connectivity index (χ1) is 14.8. The summed E-state index contributed by atoms with van der Waals surface area (Å²) in [5.74, 6) is 0.194. The fourth-order valence-electron chi connectivity index (χ4n) is 6.00. The second-order valence-electron chi connectivity index (χ2n) is 9.47. The van der Waals surface area contributed by atoms with Crippen LogP contribution < -0.4 is 5.32 Å². The molecule has 1 N–H and O–H groups in total. The van der Waals surface area contributed by atoms with Crippen molar-refractivity contribution in [2.45, 2.75) is 101 Å². The maximum Gasteiger partial charge on any atom is 0.276 e. The van der Waals surface area contributed by atoms with Crippen molar-refractivity contribution in [3.8, 4) is 0 Å². The third-order valence-electron chi connectivity index (χ3n) is 7.58. The van der Waals surface area contributed by atoms with E-state index in [0.717, 1.165) is 54.6 Å². The summed E-state index contributed by atoms with van der Waals surface area (Å²) in [6.45, 7) is 0. The summed E-state index contributed by atoms with van der Waals surface area (Å²) in [7, 11) is 0. The summed E-state index contributed by atoms with van der Waals surface area (Å²) in [6, 6.07) is 0.448. The van der Waals surface area contributed by atoms with Gasteiger partial charge >= 0.3 is 0 Å². The highest BCUT2D eigenvalue weighted by Gasteiger charge is 2.37. The van der Waals surface area contributed by atoms with E-state index in [-0.39, 0.29) is 5.91 Å². The second kappa shape index (κ2) is 8.89. The van der Waals surface area contributed by atoms with Gasteiger partial charge in [0.1, 0.15) is 6.29 Å². The number of nitrogens with zero attached hydrogens (tertiary/aromatic N) is 2. The zero-order chi connectivity index (χ0) is 20.5. The number of amides is 1. The summed E-state index contributed by atoms with van der Waals surface area (Å²) < 4.78 is 2.21. The van der Waals surface area contributed by atoms with E-state index in [1.54, 1.807) is 11.8 Å². The fraction of sp³-hybridized carbons (Fsp3) is 0.708. The molecule has 6 heteroatoms. The predicted molar refractivity (Wildman–Crippen MR) is 120 cm³/mol. The first-order valence-electron chi connectivity index (χ1n) is 12.0. The van der Waals surface area contributed by atoms with E-state index in [1.807, 2.05) is 0 Å². The van der Waals surface area contributed by atoms with Crippen molar-refractivity contribution in [2.75, 3.05) is 0 Å². The number of nitrogens with one attached hydrogen (secondary N) is 1. The minimum Gasteiger partial charge on any atom is -0.315 e. The molecule has 2 heterocycles. The van der Waals surface area contributed by atoms with Gasteiger partial charge in [-0.2, -0.15) is 5.10 Å². The summed E-state index contributed by atoms with van der Waals surface area (Å²) in [5.41, 5.74) is 3.89. The lowest BCUT2D eigenvalue weighted by Crippen LogP contribution is -2.24. The highest BCUT2D eigenvalue weighted by molar-refractivity contribution is 8.04. The Hall–Kier alpha value is -1.56. The Balaban J connectivity index is 1.41. The largest absolute Gasteiger partial charge is 0.315 e. The molecular formula is C24H33N3O2S. The topological polar surface area (TPSA) is 64.0 Å². The van der Waals surface area contributed by atoms with Gasteiger partial charge in [0.15, 0.2) is 5.69 Å². The fourth-order valence-corrected chi connectivity index (χ4v) is 7.52. The predicted octanol–water partition coefficient (Wildman–Crippen LogP) is 5.10. The first-order valence-corrected chi connectivity index (χ1v) is 12.9. The van der Waals surface area contributed by atoms with Crippen LogP contribution in [-0.4, -0.2) is 27.2 Å². The van der Waals surface area contributed by atoms with Gasteiger partial charge in [-0.1, -0.05) is 38.5 Å². The summed E-state index contributed by atoms with van der Waals surface area (Å²) in [5, 5.41) is 9.27. The van der Waals surface area contributed by atoms with Gasteiger partial charge in [0.25, 0.3) is 5.91 Å². The van der Waals surface area contributed by atoms with E-state index in [0.29, 0.717) is 22.9 Å². The van der Waals surface area contributed by atoms with Crippen molar-refractivity contribution in [3.05, 3.63) is 27.6 Å². The molecule has 30 heavy (non-hydrogen) atoms. The van der Waals surface area contributed by atoms with E-state index in [9.17, 15) is 9.59 Å². The minimum absolute atomic E-state index is 0.110. The number of allylic oxidation sites excluding steroid dienone is 1. The lowest BCUT2D eigenvalue weighted by atomic mass is 9.92. The second-order valence-corrected chi connectivity index (χ2v) is 10.7. The number of fused-ring (bicyclic) bond motifs is 2. The molecule has 2 atom stereocenters. The number of carbonyl (C=O) groups is 2. The van der Waals surface area contributed by atoms with Gasteiger partial charge in [-0.3, -0.25) is 14.3 Å². The van der Waals surface area contributed by atoms with Gasteiger partial charge in [-0.15, -0.1) is 11.8 Å². The highest BCUT2D eigenvalue weighted by atomic mass is 32.2. The Labute approximate surface area is 183 Å². The molecule has 1 aromatic heterocycles. The van der Waals surface area contributed by atoms with Gasteiger partial charge < -0.3 is 5.32 Å². The average Bonchev–Trinajstić information content (AvgIpc) is 3.24. The number of hydrogen-bond acceptors (Lipinski definition) is 4. The van der Waals surface area contributed by atoms with Crippen LogP contribution in [0.25, 0.3) is 0 Å². The molecule has 1 aromatic rings. The van der Waals surface area contributed by atoms with Crippen molar-refractivity contribution < 1.29 is 9.59 Å². The van der Waals surface area contributed by atoms with Crippen LogP contribution in [0, 0.1) is 5.92 Å². The van der Waals surface area contributed by atoms with Crippen molar-refractivity contribution in [1.29, 1.82) is 0 Å². The van der Waals surface area contributed by atoms with Crippen LogP contribution >= 0.6 is 11.8 Å². The number of thioether (sulfide) groups is 1. The zero-order valence-electron chi connectivity index (χ0n) is 17.8. The molecule has 5 nitrogen and oxygen atoms in total. The first kappa shape index (κ1) is 20.3. The van der Waals surface area contributed by atoms with Crippen molar-refractivity contribution >= 4 is 24.0 Å². The smallest absolute Gasteiger partial charge is 0.276 e. The highest BCUT2D eigenvalue weighted by Crippen LogP contribution is 2.46. The van der Waals surface area contributed by atoms with Crippen molar-refractivity contribution in [2.24, 2.45) is 5.92 Å². The van der Waals surface area contributed by atoms with Gasteiger partial charge in [-0.25, -0.2) is 0 Å². The SMILES string of the molecule is O=CC1=C(NC(=O)c2nn(C3CCCCC3)c3c2CCCC3)SC2CCCCCC12. The van der Waals surface area contributed by atoms with Gasteiger partial charge in [0.05, 0.1) is 11.1 Å². The molecule has 5 rings (SSSR count). The number of aromatic nitrogens is 2. The number of rotatable bonds is 4. The molecule has 0 radical (unpaired) electrons. The van der Waals surface area contributed by atoms with Gasteiger partial charge in [-0.05, 0) is 51.4 Å². The van der Waals surface area contributed by atoms with E-state index < -0.39 is 0 Å². The molecule has 0 aromatic carbocycles.